The van der Waals surface area contributed by atoms with Crippen LogP contribution in [0.4, 0.5) is 0 Å². The van der Waals surface area contributed by atoms with Gasteiger partial charge in [0.1, 0.15) is 4.83 Å². The number of fused-ring (bicyclic) bond motifs is 1. The van der Waals surface area contributed by atoms with Crippen LogP contribution in [0.1, 0.15) is 19.8 Å². The van der Waals surface area contributed by atoms with E-state index in [1.807, 2.05) is 12.3 Å². The van der Waals surface area contributed by atoms with E-state index in [1.165, 1.54) is 27.7 Å². The lowest BCUT2D eigenvalue weighted by atomic mass is 10.4. The van der Waals surface area contributed by atoms with Crippen LogP contribution < -0.4 is 10.9 Å². The van der Waals surface area contributed by atoms with Crippen molar-refractivity contribution >= 4 is 39.2 Å². The van der Waals surface area contributed by atoms with Gasteiger partial charge in [-0.15, -0.1) is 11.3 Å². The molecule has 0 radical (unpaired) electrons. The van der Waals surface area contributed by atoms with Crippen molar-refractivity contribution in [3.63, 3.8) is 0 Å². The first-order valence-electron chi connectivity index (χ1n) is 6.47. The van der Waals surface area contributed by atoms with Gasteiger partial charge in [0.15, 0.2) is 5.16 Å². The molecule has 7 heteroatoms. The average Bonchev–Trinajstić information content (AvgIpc) is 3.10. The summed E-state index contributed by atoms with van der Waals surface area (Å²) in [5.74, 6) is 0.0121. The molecule has 1 saturated carbocycles. The standard InChI is InChI=1S/C13H15N3O2S2/c1-7(10(17)14-8-3-4-8)20-13-15-11-9(5-6-19-11)12(18)16(13)2/h5-8H,3-4H2,1-2H3,(H,14,17). The minimum absolute atomic E-state index is 0.0121. The molecule has 1 unspecified atom stereocenters. The van der Waals surface area contributed by atoms with Gasteiger partial charge in [-0.05, 0) is 31.2 Å². The SMILES string of the molecule is CC(Sc1nc2sccc2c(=O)n1C)C(=O)NC1CC1. The fourth-order valence-corrected chi connectivity index (χ4v) is 3.53. The first kappa shape index (κ1) is 13.6. The predicted octanol–water partition coefficient (Wildman–Crippen LogP) is 1.75. The number of nitrogens with one attached hydrogen (secondary N) is 1. The van der Waals surface area contributed by atoms with E-state index in [2.05, 4.69) is 10.3 Å². The maximum absolute atomic E-state index is 12.2. The number of thioether (sulfide) groups is 1. The van der Waals surface area contributed by atoms with Crippen LogP contribution >= 0.6 is 23.1 Å². The van der Waals surface area contributed by atoms with Crippen molar-refractivity contribution in [1.82, 2.24) is 14.9 Å². The zero-order chi connectivity index (χ0) is 14.3. The molecule has 0 aromatic carbocycles. The third kappa shape index (κ3) is 2.60. The Kier molecular flexibility index (Phi) is 3.55. The summed E-state index contributed by atoms with van der Waals surface area (Å²) >= 11 is 2.77. The first-order valence-corrected chi connectivity index (χ1v) is 8.23. The predicted molar refractivity (Wildman–Crippen MR) is 81.3 cm³/mol. The summed E-state index contributed by atoms with van der Waals surface area (Å²) in [5, 5.41) is 5.79. The molecule has 1 atom stereocenters. The lowest BCUT2D eigenvalue weighted by Gasteiger charge is -2.13. The summed E-state index contributed by atoms with van der Waals surface area (Å²) in [6, 6.07) is 2.13. The minimum Gasteiger partial charge on any atom is -0.352 e. The Morgan fingerprint density at radius 2 is 2.35 bits per heavy atom. The van der Waals surface area contributed by atoms with E-state index in [4.69, 9.17) is 0 Å². The van der Waals surface area contributed by atoms with E-state index in [1.54, 1.807) is 13.1 Å². The molecule has 1 aliphatic carbocycles. The lowest BCUT2D eigenvalue weighted by Crippen LogP contribution is -2.33. The molecule has 0 saturated heterocycles. The fourth-order valence-electron chi connectivity index (χ4n) is 1.84. The highest BCUT2D eigenvalue weighted by atomic mass is 32.2. The molecule has 1 fully saturated rings. The van der Waals surface area contributed by atoms with Crippen molar-refractivity contribution in [3.05, 3.63) is 21.8 Å². The molecule has 2 heterocycles. The van der Waals surface area contributed by atoms with E-state index in [-0.39, 0.29) is 16.7 Å². The zero-order valence-corrected chi connectivity index (χ0v) is 12.9. The molecule has 20 heavy (non-hydrogen) atoms. The number of nitrogens with zero attached hydrogens (tertiary/aromatic N) is 2. The van der Waals surface area contributed by atoms with Crippen molar-refractivity contribution in [2.45, 2.75) is 36.2 Å². The second-order valence-corrected chi connectivity index (χ2v) is 7.14. The highest BCUT2D eigenvalue weighted by molar-refractivity contribution is 8.00. The minimum atomic E-state index is -0.258. The van der Waals surface area contributed by atoms with Gasteiger partial charge >= 0.3 is 0 Å². The zero-order valence-electron chi connectivity index (χ0n) is 11.3. The quantitative estimate of drug-likeness (QED) is 0.690. The van der Waals surface area contributed by atoms with Crippen molar-refractivity contribution in [2.24, 2.45) is 7.05 Å². The van der Waals surface area contributed by atoms with Gasteiger partial charge < -0.3 is 5.32 Å². The number of hydrogen-bond acceptors (Lipinski definition) is 5. The summed E-state index contributed by atoms with van der Waals surface area (Å²) < 4.78 is 1.51. The van der Waals surface area contributed by atoms with Crippen LogP contribution in [0.3, 0.4) is 0 Å². The van der Waals surface area contributed by atoms with E-state index in [9.17, 15) is 9.59 Å². The Hall–Kier alpha value is -1.34. The van der Waals surface area contributed by atoms with Gasteiger partial charge in [0.05, 0.1) is 10.6 Å². The van der Waals surface area contributed by atoms with Gasteiger partial charge in [-0.2, -0.15) is 0 Å². The number of amides is 1. The normalized spacial score (nSPS) is 16.3. The number of hydrogen-bond donors (Lipinski definition) is 1. The average molecular weight is 309 g/mol. The molecule has 0 spiro atoms. The summed E-state index contributed by atoms with van der Waals surface area (Å²) in [6.07, 6.45) is 2.14. The maximum atomic E-state index is 12.2. The largest absolute Gasteiger partial charge is 0.352 e. The molecular weight excluding hydrogens is 294 g/mol. The second kappa shape index (κ2) is 5.21. The second-order valence-electron chi connectivity index (χ2n) is 4.94. The van der Waals surface area contributed by atoms with E-state index in [0.717, 1.165) is 17.7 Å². The Balaban J connectivity index is 1.84. The molecule has 0 bridgehead atoms. The molecule has 1 aliphatic rings. The first-order chi connectivity index (χ1) is 9.56. The van der Waals surface area contributed by atoms with Gasteiger partial charge in [0, 0.05) is 13.1 Å². The van der Waals surface area contributed by atoms with Crippen molar-refractivity contribution in [2.75, 3.05) is 0 Å². The van der Waals surface area contributed by atoms with Crippen LogP contribution in [0.5, 0.6) is 0 Å². The number of carbonyl (C=O) groups is 1. The van der Waals surface area contributed by atoms with Crippen LogP contribution in [0, 0.1) is 0 Å². The molecular formula is C13H15N3O2S2. The molecule has 5 nitrogen and oxygen atoms in total. The Bertz CT molecular complexity index is 718. The monoisotopic (exact) mass is 309 g/mol. The number of aromatic nitrogens is 2. The summed E-state index contributed by atoms with van der Waals surface area (Å²) in [7, 11) is 1.69. The molecule has 2 aromatic rings. The summed E-state index contributed by atoms with van der Waals surface area (Å²) in [5.41, 5.74) is -0.0615. The smallest absolute Gasteiger partial charge is 0.262 e. The summed E-state index contributed by atoms with van der Waals surface area (Å²) in [6.45, 7) is 1.84. The van der Waals surface area contributed by atoms with Crippen LogP contribution in [-0.2, 0) is 11.8 Å². The van der Waals surface area contributed by atoms with E-state index >= 15 is 0 Å². The fraction of sp³-hybridized carbons (Fsp3) is 0.462. The lowest BCUT2D eigenvalue weighted by molar-refractivity contribution is -0.120. The number of rotatable bonds is 4. The maximum Gasteiger partial charge on any atom is 0.262 e. The van der Waals surface area contributed by atoms with Crippen molar-refractivity contribution < 1.29 is 4.79 Å². The molecule has 106 valence electrons. The highest BCUT2D eigenvalue weighted by Crippen LogP contribution is 2.25. The van der Waals surface area contributed by atoms with E-state index in [0.29, 0.717) is 16.6 Å². The van der Waals surface area contributed by atoms with Gasteiger partial charge in [0.2, 0.25) is 5.91 Å². The van der Waals surface area contributed by atoms with Gasteiger partial charge in [-0.3, -0.25) is 14.2 Å². The summed E-state index contributed by atoms with van der Waals surface area (Å²) in [4.78, 5) is 29.3. The van der Waals surface area contributed by atoms with Crippen LogP contribution in [0.25, 0.3) is 10.2 Å². The molecule has 2 aromatic heterocycles. The number of carbonyl (C=O) groups excluding carboxylic acids is 1. The third-order valence-corrected chi connectivity index (χ3v) is 5.19. The van der Waals surface area contributed by atoms with Crippen molar-refractivity contribution in [3.8, 4) is 0 Å². The van der Waals surface area contributed by atoms with E-state index < -0.39 is 0 Å². The Morgan fingerprint density at radius 3 is 3.05 bits per heavy atom. The van der Waals surface area contributed by atoms with Crippen LogP contribution in [0.2, 0.25) is 0 Å². The van der Waals surface area contributed by atoms with Gasteiger partial charge in [-0.25, -0.2) is 4.98 Å². The van der Waals surface area contributed by atoms with Crippen molar-refractivity contribution in [1.29, 1.82) is 0 Å². The van der Waals surface area contributed by atoms with Gasteiger partial charge in [-0.1, -0.05) is 11.8 Å². The van der Waals surface area contributed by atoms with Gasteiger partial charge in [0.25, 0.3) is 5.56 Å². The van der Waals surface area contributed by atoms with Crippen LogP contribution in [0.15, 0.2) is 21.4 Å². The van der Waals surface area contributed by atoms with Crippen LogP contribution in [-0.4, -0.2) is 26.8 Å². The molecule has 1 amide bonds. The molecule has 1 N–H and O–H groups in total. The third-order valence-electron chi connectivity index (χ3n) is 3.24. The Morgan fingerprint density at radius 1 is 1.60 bits per heavy atom. The molecule has 0 aliphatic heterocycles. The number of thiophene rings is 1. The topological polar surface area (TPSA) is 64.0 Å². The Labute approximate surface area is 124 Å². The highest BCUT2D eigenvalue weighted by Gasteiger charge is 2.26. The molecule has 3 rings (SSSR count).